The molecule has 0 aliphatic heterocycles. The highest BCUT2D eigenvalue weighted by Crippen LogP contribution is 2.19. The number of ether oxygens (including phenoxy) is 1. The summed E-state index contributed by atoms with van der Waals surface area (Å²) < 4.78 is 4.87. The van der Waals surface area contributed by atoms with Gasteiger partial charge in [-0.15, -0.1) is 0 Å². The number of carbonyl (C=O) groups is 1. The maximum atomic E-state index is 10.1. The van der Waals surface area contributed by atoms with Crippen molar-refractivity contribution in [1.82, 2.24) is 0 Å². The van der Waals surface area contributed by atoms with Crippen molar-refractivity contribution >= 4 is 29.2 Å². The summed E-state index contributed by atoms with van der Waals surface area (Å²) in [6.07, 6.45) is 0. The Morgan fingerprint density at radius 1 is 1.29 bits per heavy atom. The van der Waals surface area contributed by atoms with Gasteiger partial charge >= 0.3 is 5.97 Å². The predicted octanol–water partition coefficient (Wildman–Crippen LogP) is 2.59. The molecule has 0 saturated heterocycles. The molecular weight excluding hydrogens is 227 g/mol. The SMILES string of the molecule is O=C(O)COCc1cc(Cl)cc(Cl)c1. The number of halogens is 2. The second-order valence-electron chi connectivity index (χ2n) is 2.66. The molecule has 1 aromatic carbocycles. The van der Waals surface area contributed by atoms with E-state index < -0.39 is 5.97 Å². The van der Waals surface area contributed by atoms with Crippen LogP contribution in [-0.2, 0) is 16.1 Å². The molecule has 76 valence electrons. The molecule has 0 aromatic heterocycles. The molecule has 0 saturated carbocycles. The normalized spacial score (nSPS) is 10.1. The molecule has 1 N–H and O–H groups in total. The zero-order valence-corrected chi connectivity index (χ0v) is 8.68. The second kappa shape index (κ2) is 5.20. The van der Waals surface area contributed by atoms with Crippen LogP contribution in [0.25, 0.3) is 0 Å². The van der Waals surface area contributed by atoms with Crippen molar-refractivity contribution in [2.45, 2.75) is 6.61 Å². The van der Waals surface area contributed by atoms with Gasteiger partial charge in [-0.05, 0) is 23.8 Å². The van der Waals surface area contributed by atoms with E-state index in [1.54, 1.807) is 18.2 Å². The van der Waals surface area contributed by atoms with Crippen LogP contribution < -0.4 is 0 Å². The number of carboxylic acid groups (broad SMARTS) is 1. The van der Waals surface area contributed by atoms with Crippen molar-refractivity contribution < 1.29 is 14.6 Å². The highest BCUT2D eigenvalue weighted by molar-refractivity contribution is 6.34. The van der Waals surface area contributed by atoms with Crippen LogP contribution in [0, 0.1) is 0 Å². The van der Waals surface area contributed by atoms with Crippen LogP contribution in [0.2, 0.25) is 10.0 Å². The maximum Gasteiger partial charge on any atom is 0.329 e. The Hall–Kier alpha value is -0.770. The number of hydrogen-bond acceptors (Lipinski definition) is 2. The number of rotatable bonds is 4. The van der Waals surface area contributed by atoms with Crippen LogP contribution in [0.1, 0.15) is 5.56 Å². The minimum Gasteiger partial charge on any atom is -0.480 e. The van der Waals surface area contributed by atoms with E-state index in [0.717, 1.165) is 5.56 Å². The van der Waals surface area contributed by atoms with Gasteiger partial charge in [0.05, 0.1) is 6.61 Å². The van der Waals surface area contributed by atoms with E-state index in [9.17, 15) is 4.79 Å². The van der Waals surface area contributed by atoms with Gasteiger partial charge in [-0.2, -0.15) is 0 Å². The molecule has 0 spiro atoms. The molecule has 0 aliphatic rings. The third-order valence-electron chi connectivity index (χ3n) is 1.42. The first-order chi connectivity index (χ1) is 6.58. The van der Waals surface area contributed by atoms with Gasteiger partial charge in [-0.3, -0.25) is 0 Å². The molecule has 0 amide bonds. The summed E-state index contributed by atoms with van der Waals surface area (Å²) in [5.74, 6) is -1.00. The van der Waals surface area contributed by atoms with Crippen LogP contribution in [0.15, 0.2) is 18.2 Å². The largest absolute Gasteiger partial charge is 0.480 e. The fourth-order valence-corrected chi connectivity index (χ4v) is 1.52. The Morgan fingerprint density at radius 3 is 2.36 bits per heavy atom. The van der Waals surface area contributed by atoms with Gasteiger partial charge in [0.25, 0.3) is 0 Å². The Balaban J connectivity index is 2.54. The van der Waals surface area contributed by atoms with E-state index in [1.807, 2.05) is 0 Å². The van der Waals surface area contributed by atoms with Crippen molar-refractivity contribution in [2.75, 3.05) is 6.61 Å². The molecule has 0 atom stereocenters. The maximum absolute atomic E-state index is 10.1. The first-order valence-corrected chi connectivity index (χ1v) is 4.58. The van der Waals surface area contributed by atoms with Gasteiger partial charge in [0.2, 0.25) is 0 Å². The highest BCUT2D eigenvalue weighted by Gasteiger charge is 2.00. The molecule has 3 nitrogen and oxygen atoms in total. The lowest BCUT2D eigenvalue weighted by Gasteiger charge is -2.02. The summed E-state index contributed by atoms with van der Waals surface area (Å²) in [6, 6.07) is 4.95. The Morgan fingerprint density at radius 2 is 1.86 bits per heavy atom. The van der Waals surface area contributed by atoms with E-state index in [4.69, 9.17) is 33.0 Å². The Kier molecular flexibility index (Phi) is 4.20. The zero-order valence-electron chi connectivity index (χ0n) is 7.17. The van der Waals surface area contributed by atoms with E-state index >= 15 is 0 Å². The molecule has 1 rings (SSSR count). The topological polar surface area (TPSA) is 46.5 Å². The monoisotopic (exact) mass is 234 g/mol. The molecular formula is C9H8Cl2O3. The van der Waals surface area contributed by atoms with Gasteiger partial charge in [0, 0.05) is 10.0 Å². The van der Waals surface area contributed by atoms with Crippen LogP contribution in [0.5, 0.6) is 0 Å². The van der Waals surface area contributed by atoms with Crippen molar-refractivity contribution in [1.29, 1.82) is 0 Å². The smallest absolute Gasteiger partial charge is 0.329 e. The summed E-state index contributed by atoms with van der Waals surface area (Å²) in [5, 5.41) is 9.34. The van der Waals surface area contributed by atoms with Crippen molar-refractivity contribution in [3.63, 3.8) is 0 Å². The van der Waals surface area contributed by atoms with Crippen molar-refractivity contribution in [2.24, 2.45) is 0 Å². The minimum absolute atomic E-state index is 0.187. The fraction of sp³-hybridized carbons (Fsp3) is 0.222. The molecule has 1 aromatic rings. The number of hydrogen-bond donors (Lipinski definition) is 1. The Labute approximate surface area is 91.2 Å². The Bertz CT molecular complexity index is 319. The summed E-state index contributed by atoms with van der Waals surface area (Å²) in [5.41, 5.74) is 0.753. The highest BCUT2D eigenvalue weighted by atomic mass is 35.5. The van der Waals surface area contributed by atoms with Gasteiger partial charge in [-0.1, -0.05) is 23.2 Å². The number of carboxylic acids is 1. The first kappa shape index (κ1) is 11.3. The lowest BCUT2D eigenvalue weighted by atomic mass is 10.2. The lowest BCUT2D eigenvalue weighted by Crippen LogP contribution is -2.06. The molecule has 0 bridgehead atoms. The molecule has 0 fully saturated rings. The quantitative estimate of drug-likeness (QED) is 0.872. The number of aliphatic carboxylic acids is 1. The summed E-state index contributed by atoms with van der Waals surface area (Å²) in [4.78, 5) is 10.1. The molecule has 0 unspecified atom stereocenters. The van der Waals surface area contributed by atoms with E-state index in [0.29, 0.717) is 10.0 Å². The van der Waals surface area contributed by atoms with Crippen molar-refractivity contribution in [3.8, 4) is 0 Å². The van der Waals surface area contributed by atoms with Gasteiger partial charge in [-0.25, -0.2) is 4.79 Å². The average molecular weight is 235 g/mol. The van der Waals surface area contributed by atoms with E-state index in [2.05, 4.69) is 0 Å². The van der Waals surface area contributed by atoms with E-state index in [1.165, 1.54) is 0 Å². The van der Waals surface area contributed by atoms with Crippen LogP contribution >= 0.6 is 23.2 Å². The van der Waals surface area contributed by atoms with Crippen LogP contribution in [0.4, 0.5) is 0 Å². The van der Waals surface area contributed by atoms with Crippen LogP contribution in [-0.4, -0.2) is 17.7 Å². The zero-order chi connectivity index (χ0) is 10.6. The lowest BCUT2D eigenvalue weighted by molar-refractivity contribution is -0.142. The van der Waals surface area contributed by atoms with Crippen LogP contribution in [0.3, 0.4) is 0 Å². The van der Waals surface area contributed by atoms with Gasteiger partial charge in [0.1, 0.15) is 6.61 Å². The summed E-state index contributed by atoms with van der Waals surface area (Å²) in [6.45, 7) is -0.142. The molecule has 14 heavy (non-hydrogen) atoms. The summed E-state index contributed by atoms with van der Waals surface area (Å²) >= 11 is 11.5. The number of benzene rings is 1. The second-order valence-corrected chi connectivity index (χ2v) is 3.54. The predicted molar refractivity (Wildman–Crippen MR) is 53.8 cm³/mol. The van der Waals surface area contributed by atoms with Gasteiger partial charge < -0.3 is 9.84 Å². The molecule has 0 aliphatic carbocycles. The van der Waals surface area contributed by atoms with Crippen molar-refractivity contribution in [3.05, 3.63) is 33.8 Å². The molecule has 0 heterocycles. The average Bonchev–Trinajstić information content (AvgIpc) is 2.01. The third-order valence-corrected chi connectivity index (χ3v) is 1.85. The van der Waals surface area contributed by atoms with Gasteiger partial charge in [0.15, 0.2) is 0 Å². The fourth-order valence-electron chi connectivity index (χ4n) is 0.950. The summed E-state index contributed by atoms with van der Waals surface area (Å²) in [7, 11) is 0. The standard InChI is InChI=1S/C9H8Cl2O3/c10-7-1-6(2-8(11)3-7)4-14-5-9(12)13/h1-3H,4-5H2,(H,12,13). The molecule has 5 heteroatoms. The third kappa shape index (κ3) is 3.96. The minimum atomic E-state index is -1.00. The first-order valence-electron chi connectivity index (χ1n) is 3.82. The van der Waals surface area contributed by atoms with E-state index in [-0.39, 0.29) is 13.2 Å². The molecule has 0 radical (unpaired) electrons.